The first-order valence-electron chi connectivity index (χ1n) is 6.33. The van der Waals surface area contributed by atoms with Crippen LogP contribution in [0.4, 0.5) is 5.69 Å². The monoisotopic (exact) mass is 274 g/mol. The van der Waals surface area contributed by atoms with Gasteiger partial charge in [-0.15, -0.1) is 0 Å². The Balaban J connectivity index is 2.22. The highest BCUT2D eigenvalue weighted by Crippen LogP contribution is 2.26. The third kappa shape index (κ3) is 2.83. The minimum atomic E-state index is -0.184. The van der Waals surface area contributed by atoms with Crippen LogP contribution in [0.15, 0.2) is 24.4 Å². The van der Waals surface area contributed by atoms with Gasteiger partial charge in [-0.1, -0.05) is 6.07 Å². The molecule has 106 valence electrons. The predicted octanol–water partition coefficient (Wildman–Crippen LogP) is 2.21. The van der Waals surface area contributed by atoms with Gasteiger partial charge >= 0.3 is 0 Å². The number of pyridine rings is 1. The number of aliphatic hydroxyl groups excluding tert-OH is 1. The van der Waals surface area contributed by atoms with Crippen LogP contribution in [0, 0.1) is 13.8 Å². The number of phenolic OH excluding ortho intramolecular Hbond substituents is 1. The van der Waals surface area contributed by atoms with Gasteiger partial charge in [-0.25, -0.2) is 0 Å². The summed E-state index contributed by atoms with van der Waals surface area (Å²) in [5, 5.41) is 32.1. The normalized spacial score (nSPS) is 10.6. The molecule has 2 rings (SSSR count). The molecule has 5 nitrogen and oxygen atoms in total. The van der Waals surface area contributed by atoms with E-state index in [1.54, 1.807) is 19.2 Å². The summed E-state index contributed by atoms with van der Waals surface area (Å²) in [6, 6.07) is 5.28. The fraction of sp³-hybridized carbons (Fsp3) is 0.267. The highest BCUT2D eigenvalue weighted by atomic mass is 16.3. The van der Waals surface area contributed by atoms with Gasteiger partial charge in [-0.2, -0.15) is 0 Å². The van der Waals surface area contributed by atoms with Crippen LogP contribution >= 0.6 is 0 Å². The summed E-state index contributed by atoms with van der Waals surface area (Å²) in [6.45, 7) is 3.68. The number of aromatic nitrogens is 1. The van der Waals surface area contributed by atoms with Gasteiger partial charge in [0.25, 0.3) is 0 Å². The van der Waals surface area contributed by atoms with Crippen LogP contribution in [0.1, 0.15) is 22.4 Å². The molecule has 5 heteroatoms. The summed E-state index contributed by atoms with van der Waals surface area (Å²) in [7, 11) is 0. The van der Waals surface area contributed by atoms with E-state index in [0.717, 1.165) is 11.3 Å². The number of phenols is 1. The van der Waals surface area contributed by atoms with Crippen LogP contribution in [0.25, 0.3) is 0 Å². The minimum Gasteiger partial charge on any atom is -0.508 e. The lowest BCUT2D eigenvalue weighted by Crippen LogP contribution is -2.05. The Morgan fingerprint density at radius 3 is 2.60 bits per heavy atom. The molecule has 0 aliphatic rings. The van der Waals surface area contributed by atoms with E-state index < -0.39 is 0 Å². The van der Waals surface area contributed by atoms with Gasteiger partial charge in [0, 0.05) is 35.6 Å². The van der Waals surface area contributed by atoms with Crippen LogP contribution in [0.2, 0.25) is 0 Å². The molecule has 0 spiro atoms. The molecule has 0 saturated carbocycles. The number of anilines is 1. The maximum Gasteiger partial charge on any atom is 0.142 e. The third-order valence-electron chi connectivity index (χ3n) is 3.28. The van der Waals surface area contributed by atoms with E-state index in [1.807, 2.05) is 19.1 Å². The average Bonchev–Trinajstić information content (AvgIpc) is 2.44. The Kier molecular flexibility index (Phi) is 4.10. The molecule has 0 atom stereocenters. The van der Waals surface area contributed by atoms with Gasteiger partial charge in [-0.3, -0.25) is 4.98 Å². The van der Waals surface area contributed by atoms with Crippen molar-refractivity contribution >= 4 is 5.69 Å². The number of nitrogens with zero attached hydrogens (tertiary/aromatic N) is 1. The van der Waals surface area contributed by atoms with E-state index in [1.165, 1.54) is 0 Å². The standard InChI is InChI=1S/C15H18N2O3/c1-9-3-4-12(5-14(9)19)17-7-13-11(8-18)6-16-10(2)15(13)20/h3-6,17-20H,7-8H2,1-2H3. The van der Waals surface area contributed by atoms with Gasteiger partial charge in [0.1, 0.15) is 11.5 Å². The molecular formula is C15H18N2O3. The third-order valence-corrected chi connectivity index (χ3v) is 3.28. The van der Waals surface area contributed by atoms with Crippen molar-refractivity contribution in [3.05, 3.63) is 46.8 Å². The number of hydrogen-bond acceptors (Lipinski definition) is 5. The van der Waals surface area contributed by atoms with E-state index in [9.17, 15) is 15.3 Å². The van der Waals surface area contributed by atoms with Crippen LogP contribution in [0.5, 0.6) is 11.5 Å². The van der Waals surface area contributed by atoms with Gasteiger partial charge in [0.2, 0.25) is 0 Å². The minimum absolute atomic E-state index is 0.0837. The van der Waals surface area contributed by atoms with Crippen molar-refractivity contribution in [1.29, 1.82) is 0 Å². The number of aliphatic hydroxyl groups is 1. The van der Waals surface area contributed by atoms with Crippen LogP contribution in [0.3, 0.4) is 0 Å². The van der Waals surface area contributed by atoms with E-state index >= 15 is 0 Å². The second-order valence-electron chi connectivity index (χ2n) is 4.71. The average molecular weight is 274 g/mol. The SMILES string of the molecule is Cc1ccc(NCc2c(CO)cnc(C)c2O)cc1O. The topological polar surface area (TPSA) is 85.6 Å². The van der Waals surface area contributed by atoms with E-state index in [0.29, 0.717) is 23.4 Å². The summed E-state index contributed by atoms with van der Waals surface area (Å²) >= 11 is 0. The zero-order chi connectivity index (χ0) is 14.7. The lowest BCUT2D eigenvalue weighted by molar-refractivity contribution is 0.279. The Bertz CT molecular complexity index is 627. The van der Waals surface area contributed by atoms with Crippen molar-refractivity contribution in [1.82, 2.24) is 4.98 Å². The number of rotatable bonds is 4. The smallest absolute Gasteiger partial charge is 0.142 e. The Hall–Kier alpha value is -2.27. The van der Waals surface area contributed by atoms with E-state index in [4.69, 9.17) is 0 Å². The largest absolute Gasteiger partial charge is 0.508 e. The molecule has 0 unspecified atom stereocenters. The molecule has 0 fully saturated rings. The molecule has 0 bridgehead atoms. The van der Waals surface area contributed by atoms with Crippen molar-refractivity contribution < 1.29 is 15.3 Å². The lowest BCUT2D eigenvalue weighted by Gasteiger charge is -2.13. The zero-order valence-corrected chi connectivity index (χ0v) is 11.5. The molecule has 0 aliphatic heterocycles. The summed E-state index contributed by atoms with van der Waals surface area (Å²) in [6.07, 6.45) is 1.55. The summed E-state index contributed by atoms with van der Waals surface area (Å²) in [5.74, 6) is 0.299. The van der Waals surface area contributed by atoms with Crippen molar-refractivity contribution in [2.45, 2.75) is 27.0 Å². The first kappa shape index (κ1) is 14.1. The molecule has 20 heavy (non-hydrogen) atoms. The molecule has 0 saturated heterocycles. The first-order valence-corrected chi connectivity index (χ1v) is 6.33. The Morgan fingerprint density at radius 2 is 1.95 bits per heavy atom. The maximum absolute atomic E-state index is 10.0. The fourth-order valence-corrected chi connectivity index (χ4v) is 1.93. The molecule has 4 N–H and O–H groups in total. The molecule has 2 aromatic rings. The molecular weight excluding hydrogens is 256 g/mol. The lowest BCUT2D eigenvalue weighted by atomic mass is 10.1. The number of benzene rings is 1. The number of aryl methyl sites for hydroxylation is 2. The highest BCUT2D eigenvalue weighted by molar-refractivity contribution is 5.52. The van der Waals surface area contributed by atoms with Crippen molar-refractivity contribution in [2.75, 3.05) is 5.32 Å². The van der Waals surface area contributed by atoms with Crippen molar-refractivity contribution in [2.24, 2.45) is 0 Å². The quantitative estimate of drug-likeness (QED) is 0.687. The number of hydrogen-bond donors (Lipinski definition) is 4. The molecule has 1 aromatic carbocycles. The Labute approximate surface area is 117 Å². The van der Waals surface area contributed by atoms with Crippen LogP contribution in [-0.4, -0.2) is 20.3 Å². The molecule has 1 aromatic heterocycles. The van der Waals surface area contributed by atoms with Crippen molar-refractivity contribution in [3.8, 4) is 11.5 Å². The Morgan fingerprint density at radius 1 is 1.20 bits per heavy atom. The fourth-order valence-electron chi connectivity index (χ4n) is 1.93. The second kappa shape index (κ2) is 5.79. The number of aromatic hydroxyl groups is 2. The maximum atomic E-state index is 10.0. The zero-order valence-electron chi connectivity index (χ0n) is 11.5. The molecule has 0 radical (unpaired) electrons. The summed E-state index contributed by atoms with van der Waals surface area (Å²) < 4.78 is 0. The van der Waals surface area contributed by atoms with E-state index in [-0.39, 0.29) is 18.1 Å². The van der Waals surface area contributed by atoms with Gasteiger partial charge in [0.05, 0.1) is 12.3 Å². The second-order valence-corrected chi connectivity index (χ2v) is 4.71. The number of nitrogens with one attached hydrogen (secondary N) is 1. The van der Waals surface area contributed by atoms with Gasteiger partial charge in [-0.05, 0) is 25.5 Å². The first-order chi connectivity index (χ1) is 9.52. The van der Waals surface area contributed by atoms with Crippen molar-refractivity contribution in [3.63, 3.8) is 0 Å². The molecule has 1 heterocycles. The van der Waals surface area contributed by atoms with Crippen LogP contribution < -0.4 is 5.32 Å². The van der Waals surface area contributed by atoms with Gasteiger partial charge < -0.3 is 20.6 Å². The summed E-state index contributed by atoms with van der Waals surface area (Å²) in [5.41, 5.74) is 3.25. The molecule has 0 aliphatic carbocycles. The van der Waals surface area contributed by atoms with E-state index in [2.05, 4.69) is 10.3 Å². The van der Waals surface area contributed by atoms with Crippen LogP contribution in [-0.2, 0) is 13.2 Å². The molecule has 0 amide bonds. The summed E-state index contributed by atoms with van der Waals surface area (Å²) in [4.78, 5) is 4.01. The highest BCUT2D eigenvalue weighted by Gasteiger charge is 2.11. The van der Waals surface area contributed by atoms with Gasteiger partial charge in [0.15, 0.2) is 0 Å². The predicted molar refractivity (Wildman–Crippen MR) is 76.7 cm³/mol.